The molecule has 0 saturated heterocycles. The summed E-state index contributed by atoms with van der Waals surface area (Å²) in [6.45, 7) is 11.9. The van der Waals surface area contributed by atoms with Crippen LogP contribution >= 0.6 is 0 Å². The average molecular weight is 185 g/mol. The zero-order valence-corrected chi connectivity index (χ0v) is 8.93. The van der Waals surface area contributed by atoms with Gasteiger partial charge in [0, 0.05) is 0 Å². The quantitative estimate of drug-likeness (QED) is 0.356. The molecule has 13 heavy (non-hydrogen) atoms. The van der Waals surface area contributed by atoms with Crippen LogP contribution in [0.3, 0.4) is 0 Å². The first-order valence-corrected chi connectivity index (χ1v) is 4.17. The van der Waals surface area contributed by atoms with Gasteiger partial charge in [-0.2, -0.15) is 0 Å². The second-order valence-corrected chi connectivity index (χ2v) is 4.81. The molecule has 0 amide bonds. The molecule has 0 aromatic carbocycles. The summed E-state index contributed by atoms with van der Waals surface area (Å²) < 4.78 is 4.64. The molecule has 0 spiro atoms. The summed E-state index contributed by atoms with van der Waals surface area (Å²) in [7, 11) is 0. The fraction of sp³-hybridized carbons (Fsp3) is 0.700. The van der Waals surface area contributed by atoms with E-state index in [9.17, 15) is 9.59 Å². The lowest BCUT2D eigenvalue weighted by Gasteiger charge is -2.17. The zero-order valence-electron chi connectivity index (χ0n) is 8.93. The van der Waals surface area contributed by atoms with Gasteiger partial charge in [-0.05, 0) is 34.6 Å². The maximum Gasteiger partial charge on any atom is 0.364 e. The molecule has 3 heteroatoms. The Kier molecular flexibility index (Phi) is 3.14. The van der Waals surface area contributed by atoms with Crippen molar-refractivity contribution in [2.45, 2.75) is 34.6 Å². The molecule has 0 unspecified atom stereocenters. The van der Waals surface area contributed by atoms with Gasteiger partial charge in [0.2, 0.25) is 0 Å². The Morgan fingerprint density at radius 3 is 1.62 bits per heavy atom. The van der Waals surface area contributed by atoms with Crippen molar-refractivity contribution in [1.29, 1.82) is 0 Å². The molecule has 0 rings (SSSR count). The predicted octanol–water partition coefficient (Wildman–Crippen LogP) is 1.96. The van der Waals surface area contributed by atoms with E-state index in [0.29, 0.717) is 0 Å². The largest absolute Gasteiger partial charge is 0.389 e. The van der Waals surface area contributed by atoms with Gasteiger partial charge < -0.3 is 4.74 Å². The van der Waals surface area contributed by atoms with E-state index in [0.717, 1.165) is 0 Å². The summed E-state index contributed by atoms with van der Waals surface area (Å²) in [6.07, 6.45) is 0. The minimum atomic E-state index is -0.874. The molecule has 0 fully saturated rings. The Labute approximate surface area is 79.5 Å². The third kappa shape index (κ3) is 3.97. The number of hydrogen-bond donors (Lipinski definition) is 0. The highest BCUT2D eigenvalue weighted by atomic mass is 16.6. The van der Waals surface area contributed by atoms with Gasteiger partial charge in [-0.25, -0.2) is 4.79 Å². The van der Waals surface area contributed by atoms with Gasteiger partial charge >= 0.3 is 11.9 Å². The Morgan fingerprint density at radius 2 is 1.38 bits per heavy atom. The van der Waals surface area contributed by atoms with Crippen molar-refractivity contribution in [2.24, 2.45) is 10.8 Å². The number of ether oxygens (including phenoxy) is 1. The van der Waals surface area contributed by atoms with Crippen LogP contribution in [0.15, 0.2) is 0 Å². The van der Waals surface area contributed by atoms with Crippen LogP contribution in [-0.4, -0.2) is 11.9 Å². The molecule has 3 nitrogen and oxygen atoms in total. The van der Waals surface area contributed by atoms with Crippen molar-refractivity contribution < 1.29 is 14.3 Å². The van der Waals surface area contributed by atoms with Crippen molar-refractivity contribution in [3.63, 3.8) is 0 Å². The number of carbonyl (C=O) groups excluding carboxylic acids is 2. The summed E-state index contributed by atoms with van der Waals surface area (Å²) in [6, 6.07) is 0. The van der Waals surface area contributed by atoms with Crippen LogP contribution in [0, 0.1) is 17.8 Å². The molecule has 74 valence electrons. The van der Waals surface area contributed by atoms with Gasteiger partial charge in [-0.1, -0.05) is 0 Å². The average Bonchev–Trinajstić information content (AvgIpc) is 1.82. The normalized spacial score (nSPS) is 12.4. The van der Waals surface area contributed by atoms with Crippen molar-refractivity contribution >= 4 is 11.9 Å². The first-order valence-electron chi connectivity index (χ1n) is 4.17. The van der Waals surface area contributed by atoms with Crippen molar-refractivity contribution in [3.05, 3.63) is 6.92 Å². The van der Waals surface area contributed by atoms with Crippen molar-refractivity contribution in [3.8, 4) is 0 Å². The van der Waals surface area contributed by atoms with E-state index >= 15 is 0 Å². The molecule has 0 saturated carbocycles. The molecule has 0 aliphatic carbocycles. The van der Waals surface area contributed by atoms with E-state index in [1.807, 2.05) is 0 Å². The molecular weight excluding hydrogens is 168 g/mol. The van der Waals surface area contributed by atoms with E-state index in [4.69, 9.17) is 0 Å². The molecule has 0 N–H and O–H groups in total. The highest BCUT2D eigenvalue weighted by Gasteiger charge is 2.35. The first-order chi connectivity index (χ1) is 5.55. The molecular formula is C10H17O3+. The lowest BCUT2D eigenvalue weighted by molar-refractivity contribution is -0.170. The zero-order chi connectivity index (χ0) is 10.9. The van der Waals surface area contributed by atoms with E-state index in [1.54, 1.807) is 34.6 Å². The smallest absolute Gasteiger partial charge is 0.364 e. The highest BCUT2D eigenvalue weighted by molar-refractivity contribution is 5.90. The van der Waals surface area contributed by atoms with Crippen LogP contribution in [0.2, 0.25) is 0 Å². The summed E-state index contributed by atoms with van der Waals surface area (Å²) in [4.78, 5) is 22.5. The first kappa shape index (κ1) is 12.0. The van der Waals surface area contributed by atoms with Gasteiger partial charge in [0.1, 0.15) is 0 Å². The van der Waals surface area contributed by atoms with Crippen LogP contribution in [-0.2, 0) is 14.3 Å². The van der Waals surface area contributed by atoms with Crippen LogP contribution in [0.1, 0.15) is 34.6 Å². The monoisotopic (exact) mass is 185 g/mol. The summed E-state index contributed by atoms with van der Waals surface area (Å²) in [5.41, 5.74) is -1.53. The Morgan fingerprint density at radius 1 is 1.00 bits per heavy atom. The lowest BCUT2D eigenvalue weighted by Crippen LogP contribution is -2.31. The van der Waals surface area contributed by atoms with Crippen LogP contribution in [0.4, 0.5) is 0 Å². The van der Waals surface area contributed by atoms with Gasteiger partial charge in [0.25, 0.3) is 0 Å². The van der Waals surface area contributed by atoms with E-state index in [2.05, 4.69) is 11.7 Å². The van der Waals surface area contributed by atoms with Gasteiger partial charge in [0.05, 0.1) is 12.3 Å². The SMILES string of the molecule is [CH2+]C(C)(C)C(=O)OC(=O)C(C)(C)C. The highest BCUT2D eigenvalue weighted by Crippen LogP contribution is 2.20. The van der Waals surface area contributed by atoms with Crippen LogP contribution < -0.4 is 0 Å². The fourth-order valence-electron chi connectivity index (χ4n) is 0.375. The van der Waals surface area contributed by atoms with E-state index in [-0.39, 0.29) is 0 Å². The second kappa shape index (κ2) is 3.40. The Balaban J connectivity index is 4.34. The molecule has 0 aromatic rings. The molecule has 0 aliphatic rings. The van der Waals surface area contributed by atoms with E-state index in [1.165, 1.54) is 0 Å². The maximum atomic E-state index is 11.3. The summed E-state index contributed by atoms with van der Waals surface area (Å²) >= 11 is 0. The van der Waals surface area contributed by atoms with Gasteiger partial charge in [-0.15, -0.1) is 0 Å². The standard InChI is InChI=1S/C10H17O3/c1-9(2,3)7(11)13-8(12)10(4,5)6/h1H2,2-6H3/q+1. The van der Waals surface area contributed by atoms with Gasteiger partial charge in [-0.3, -0.25) is 4.79 Å². The fourth-order valence-corrected chi connectivity index (χ4v) is 0.375. The summed E-state index contributed by atoms with van der Waals surface area (Å²) in [5.74, 6) is -1.11. The van der Waals surface area contributed by atoms with Crippen molar-refractivity contribution in [1.82, 2.24) is 0 Å². The molecule has 0 atom stereocenters. The van der Waals surface area contributed by atoms with Crippen LogP contribution in [0.5, 0.6) is 0 Å². The topological polar surface area (TPSA) is 43.4 Å². The number of hydrogen-bond acceptors (Lipinski definition) is 3. The molecule has 0 bridgehead atoms. The number of carbonyl (C=O) groups is 2. The molecule has 0 aliphatic heterocycles. The third-order valence-corrected chi connectivity index (χ3v) is 1.35. The van der Waals surface area contributed by atoms with Crippen LogP contribution in [0.25, 0.3) is 0 Å². The molecule has 0 heterocycles. The summed E-state index contributed by atoms with van der Waals surface area (Å²) in [5, 5.41) is 0. The van der Waals surface area contributed by atoms with Crippen molar-refractivity contribution in [2.75, 3.05) is 0 Å². The molecule has 0 aromatic heterocycles. The third-order valence-electron chi connectivity index (χ3n) is 1.35. The minimum Gasteiger partial charge on any atom is -0.389 e. The minimum absolute atomic E-state index is 0.519. The molecule has 0 radical (unpaired) electrons. The lowest BCUT2D eigenvalue weighted by atomic mass is 9.95. The predicted molar refractivity (Wildman–Crippen MR) is 49.7 cm³/mol. The Bertz CT molecular complexity index is 191. The Hall–Kier alpha value is -0.990. The number of esters is 2. The van der Waals surface area contributed by atoms with E-state index < -0.39 is 22.8 Å². The maximum absolute atomic E-state index is 11.3. The van der Waals surface area contributed by atoms with Gasteiger partial charge in [0.15, 0.2) is 5.41 Å². The second-order valence-electron chi connectivity index (χ2n) is 4.81. The number of rotatable bonds is 1.